The van der Waals surface area contributed by atoms with Crippen molar-refractivity contribution >= 4 is 48.4 Å². The number of carbonyl (C=O) groups excluding carboxylic acids is 4. The zero-order valence-electron chi connectivity index (χ0n) is 27.5. The molecule has 9 nitrogen and oxygen atoms in total. The van der Waals surface area contributed by atoms with E-state index in [1.54, 1.807) is 121 Å². The van der Waals surface area contributed by atoms with Gasteiger partial charge in [-0.25, -0.2) is 0 Å². The van der Waals surface area contributed by atoms with Gasteiger partial charge in [-0.15, -0.1) is 0 Å². The molecule has 5 aromatic carbocycles. The Morgan fingerprint density at radius 1 is 0.510 bits per heavy atom. The predicted molar refractivity (Wildman–Crippen MR) is 189 cm³/mol. The normalized spacial score (nSPS) is 19.7. The molecular weight excluding hydrogens is 764 g/mol. The van der Waals surface area contributed by atoms with Crippen molar-refractivity contribution in [3.63, 3.8) is 0 Å². The van der Waals surface area contributed by atoms with E-state index < -0.39 is 73.4 Å². The van der Waals surface area contributed by atoms with Gasteiger partial charge in [-0.1, -0.05) is 0 Å². The van der Waals surface area contributed by atoms with Gasteiger partial charge in [-0.2, -0.15) is 0 Å². The molecule has 1 saturated heterocycles. The van der Waals surface area contributed by atoms with E-state index in [0.29, 0.717) is 5.56 Å². The van der Waals surface area contributed by atoms with E-state index >= 15 is 0 Å². The zero-order valence-corrected chi connectivity index (χ0v) is 29.9. The van der Waals surface area contributed by atoms with E-state index in [2.05, 4.69) is 0 Å². The second-order valence-electron chi connectivity index (χ2n) is 11.6. The first kappa shape index (κ1) is 35.6. The maximum atomic E-state index is 13.8. The molecule has 0 amide bonds. The summed E-state index contributed by atoms with van der Waals surface area (Å²) in [5.74, 6) is -2.74. The van der Waals surface area contributed by atoms with Gasteiger partial charge in [-0.3, -0.25) is 0 Å². The van der Waals surface area contributed by atoms with Gasteiger partial charge in [0.2, 0.25) is 0 Å². The Hall–Kier alpha value is -5.27. The molecule has 51 heavy (non-hydrogen) atoms. The molecule has 0 bridgehead atoms. The molecule has 1 aliphatic heterocycles. The Morgan fingerprint density at radius 3 is 1.35 bits per heavy atom. The summed E-state index contributed by atoms with van der Waals surface area (Å²) >= 11 is -1.36. The molecule has 0 aliphatic carbocycles. The van der Waals surface area contributed by atoms with Crippen molar-refractivity contribution < 1.29 is 42.9 Å². The molecule has 0 saturated carbocycles. The van der Waals surface area contributed by atoms with Crippen LogP contribution in [0.15, 0.2) is 146 Å². The Labute approximate surface area is 305 Å². The van der Waals surface area contributed by atoms with Gasteiger partial charge in [0.15, 0.2) is 0 Å². The van der Waals surface area contributed by atoms with Crippen molar-refractivity contribution in [3.8, 4) is 0 Å². The molecule has 5 aromatic rings. The van der Waals surface area contributed by atoms with Gasteiger partial charge in [0.25, 0.3) is 0 Å². The van der Waals surface area contributed by atoms with Crippen molar-refractivity contribution in [2.75, 3.05) is 6.61 Å². The van der Waals surface area contributed by atoms with Gasteiger partial charge < -0.3 is 0 Å². The second-order valence-corrected chi connectivity index (χ2v) is 15.0. The minimum atomic E-state index is -1.36. The quantitative estimate of drug-likeness (QED) is 0.0960. The molecule has 0 radical (unpaired) electrons. The molecule has 10 heteroatoms. The van der Waals surface area contributed by atoms with E-state index in [9.17, 15) is 19.2 Å². The second kappa shape index (κ2) is 17.1. The molecule has 5 atom stereocenters. The van der Waals surface area contributed by atoms with Crippen molar-refractivity contribution in [2.45, 2.75) is 35.5 Å². The van der Waals surface area contributed by atoms with Crippen molar-refractivity contribution in [3.05, 3.63) is 173 Å². The van der Waals surface area contributed by atoms with Gasteiger partial charge >= 0.3 is 307 Å². The van der Waals surface area contributed by atoms with Crippen LogP contribution in [0.2, 0.25) is 0 Å². The van der Waals surface area contributed by atoms with Crippen LogP contribution in [0.3, 0.4) is 0 Å². The van der Waals surface area contributed by atoms with Crippen LogP contribution in [0.5, 0.6) is 0 Å². The average molecular weight is 798 g/mol. The molecule has 1 aliphatic rings. The minimum absolute atomic E-state index is 0.235. The van der Waals surface area contributed by atoms with Gasteiger partial charge in [0.1, 0.15) is 0 Å². The molecule has 0 spiro atoms. The maximum absolute atomic E-state index is 13.8. The predicted octanol–water partition coefficient (Wildman–Crippen LogP) is 5.58. The van der Waals surface area contributed by atoms with Crippen molar-refractivity contribution in [1.29, 1.82) is 0 Å². The SMILES string of the molecule is Cc1ccc([Te]C2O[C@H](COC(=O)c3ccccc3)[C@@H](OC(=O)c3ccccc3)[C@H](OC(=O)c3ccccc3)[C@H]2OC(=O)c2ccccc2)cc1. The summed E-state index contributed by atoms with van der Waals surface area (Å²) in [6, 6.07) is 41.4. The van der Waals surface area contributed by atoms with Crippen LogP contribution >= 0.6 is 0 Å². The summed E-state index contributed by atoms with van der Waals surface area (Å²) in [6.07, 6.45) is -5.02. The van der Waals surface area contributed by atoms with Crippen LogP contribution in [-0.2, 0) is 23.7 Å². The van der Waals surface area contributed by atoms with Gasteiger partial charge in [0.05, 0.1) is 0 Å². The van der Waals surface area contributed by atoms with Crippen LogP contribution < -0.4 is 3.61 Å². The fourth-order valence-electron chi connectivity index (χ4n) is 5.37. The third-order valence-corrected chi connectivity index (χ3v) is 11.3. The number of hydrogen-bond acceptors (Lipinski definition) is 9. The summed E-state index contributed by atoms with van der Waals surface area (Å²) < 4.78 is 31.0. The summed E-state index contributed by atoms with van der Waals surface area (Å²) in [5.41, 5.74) is 2.13. The number of hydrogen-bond donors (Lipinski definition) is 0. The first-order valence-electron chi connectivity index (χ1n) is 16.2. The van der Waals surface area contributed by atoms with Crippen LogP contribution in [0, 0.1) is 6.92 Å². The number of rotatable bonds is 11. The van der Waals surface area contributed by atoms with Crippen molar-refractivity contribution in [2.24, 2.45) is 0 Å². The van der Waals surface area contributed by atoms with Crippen LogP contribution in [0.4, 0.5) is 0 Å². The van der Waals surface area contributed by atoms with Crippen molar-refractivity contribution in [1.82, 2.24) is 0 Å². The topological polar surface area (TPSA) is 114 Å². The third-order valence-electron chi connectivity index (χ3n) is 8.01. The van der Waals surface area contributed by atoms with E-state index in [0.717, 1.165) is 9.17 Å². The first-order chi connectivity index (χ1) is 24.9. The monoisotopic (exact) mass is 800 g/mol. The van der Waals surface area contributed by atoms with Crippen LogP contribution in [-0.4, -0.2) is 80.0 Å². The van der Waals surface area contributed by atoms with E-state index in [4.69, 9.17) is 23.7 Å². The Balaban J connectivity index is 1.41. The molecule has 0 N–H and O–H groups in total. The number of ether oxygens (including phenoxy) is 5. The fourth-order valence-corrected chi connectivity index (χ4v) is 8.52. The van der Waals surface area contributed by atoms with Gasteiger partial charge in [0, 0.05) is 0 Å². The Morgan fingerprint density at radius 2 is 0.902 bits per heavy atom. The summed E-state index contributed by atoms with van der Waals surface area (Å²) in [4.78, 5) is 54.2. The zero-order chi connectivity index (χ0) is 35.6. The Bertz CT molecular complexity index is 1920. The number of esters is 4. The van der Waals surface area contributed by atoms with E-state index in [-0.39, 0.29) is 23.3 Å². The molecule has 1 unspecified atom stereocenters. The van der Waals surface area contributed by atoms with Gasteiger partial charge in [-0.05, 0) is 0 Å². The molecule has 1 fully saturated rings. The van der Waals surface area contributed by atoms with E-state index in [1.807, 2.05) is 31.2 Å². The molecule has 6 rings (SSSR count). The van der Waals surface area contributed by atoms with Crippen LogP contribution in [0.25, 0.3) is 0 Å². The number of carbonyl (C=O) groups is 4. The molecule has 258 valence electrons. The third kappa shape index (κ3) is 9.30. The summed E-state index contributed by atoms with van der Waals surface area (Å²) in [5, 5.41) is 0. The fraction of sp³-hybridized carbons (Fsp3) is 0.171. The average Bonchev–Trinajstić information content (AvgIpc) is 3.18. The summed E-state index contributed by atoms with van der Waals surface area (Å²) in [6.45, 7) is 1.63. The number of aryl methyl sites for hydroxylation is 1. The van der Waals surface area contributed by atoms with Crippen LogP contribution in [0.1, 0.15) is 47.0 Å². The van der Waals surface area contributed by atoms with E-state index in [1.165, 1.54) is 0 Å². The molecular formula is C41H34O9Te. The standard InChI is InChI=1S/C41H34O9Te/c1-27-22-24-32(25-23-27)51-41-36(50-40(45)31-20-12-5-13-21-31)35(49-39(44)30-18-10-4-11-19-30)34(48-38(43)29-16-8-3-9-17-29)33(47-41)26-46-37(42)28-14-6-2-7-15-28/h2-25,33-36,41H,26H2,1H3/t33-,34-,35+,36-,41?/m1/s1. The molecule has 0 aromatic heterocycles. The molecule has 1 heterocycles. The first-order valence-corrected chi connectivity index (χ1v) is 18.8. The number of benzene rings is 5. The Kier molecular flexibility index (Phi) is 11.9. The summed E-state index contributed by atoms with van der Waals surface area (Å²) in [7, 11) is 0.